The summed E-state index contributed by atoms with van der Waals surface area (Å²) in [4.78, 5) is 0. The highest BCUT2D eigenvalue weighted by atomic mass is 79.9. The number of halogens is 3. The summed E-state index contributed by atoms with van der Waals surface area (Å²) in [5.41, 5.74) is 0.862. The maximum atomic E-state index is 13.9. The fourth-order valence-electron chi connectivity index (χ4n) is 2.02. The number of rotatable bonds is 4. The van der Waals surface area contributed by atoms with Crippen LogP contribution in [0.25, 0.3) is 0 Å². The minimum atomic E-state index is -0.602. The van der Waals surface area contributed by atoms with Gasteiger partial charge in [-0.25, -0.2) is 8.78 Å². The Kier molecular flexibility index (Phi) is 4.66. The van der Waals surface area contributed by atoms with E-state index < -0.39 is 11.6 Å². The van der Waals surface area contributed by atoms with E-state index in [4.69, 9.17) is 0 Å². The molecule has 2 aromatic carbocycles. The second-order valence-electron chi connectivity index (χ2n) is 4.32. The van der Waals surface area contributed by atoms with Crippen LogP contribution >= 0.6 is 15.9 Å². The SMILES string of the molecule is OCC(Cc1c(F)ccc(Br)c1F)c1ccccc1. The lowest BCUT2D eigenvalue weighted by atomic mass is 9.92. The number of hydrogen-bond donors (Lipinski definition) is 1. The van der Waals surface area contributed by atoms with E-state index in [-0.39, 0.29) is 29.0 Å². The molecule has 0 aliphatic heterocycles. The van der Waals surface area contributed by atoms with E-state index in [0.29, 0.717) is 0 Å². The Morgan fingerprint density at radius 3 is 2.37 bits per heavy atom. The Labute approximate surface area is 119 Å². The van der Waals surface area contributed by atoms with E-state index in [9.17, 15) is 13.9 Å². The summed E-state index contributed by atoms with van der Waals surface area (Å²) < 4.78 is 27.8. The van der Waals surface area contributed by atoms with Crippen LogP contribution in [0.2, 0.25) is 0 Å². The van der Waals surface area contributed by atoms with Crippen molar-refractivity contribution in [1.82, 2.24) is 0 Å². The van der Waals surface area contributed by atoms with Crippen molar-refractivity contribution >= 4 is 15.9 Å². The quantitative estimate of drug-likeness (QED) is 0.840. The molecule has 0 aliphatic carbocycles. The van der Waals surface area contributed by atoms with Crippen molar-refractivity contribution < 1.29 is 13.9 Å². The van der Waals surface area contributed by atoms with E-state index in [1.165, 1.54) is 12.1 Å². The average molecular weight is 327 g/mol. The highest BCUT2D eigenvalue weighted by molar-refractivity contribution is 9.10. The smallest absolute Gasteiger partial charge is 0.143 e. The largest absolute Gasteiger partial charge is 0.396 e. The molecular weight excluding hydrogens is 314 g/mol. The van der Waals surface area contributed by atoms with E-state index in [1.807, 2.05) is 30.3 Å². The van der Waals surface area contributed by atoms with Gasteiger partial charge < -0.3 is 5.11 Å². The number of aliphatic hydroxyl groups excluding tert-OH is 1. The highest BCUT2D eigenvalue weighted by Gasteiger charge is 2.18. The van der Waals surface area contributed by atoms with E-state index >= 15 is 0 Å². The van der Waals surface area contributed by atoms with Crippen molar-refractivity contribution in [2.24, 2.45) is 0 Å². The minimum Gasteiger partial charge on any atom is -0.396 e. The van der Waals surface area contributed by atoms with Crippen LogP contribution in [-0.2, 0) is 6.42 Å². The van der Waals surface area contributed by atoms with Gasteiger partial charge in [0, 0.05) is 11.5 Å². The lowest BCUT2D eigenvalue weighted by molar-refractivity contribution is 0.263. The first kappa shape index (κ1) is 14.2. The van der Waals surface area contributed by atoms with Crippen LogP contribution in [-0.4, -0.2) is 11.7 Å². The number of benzene rings is 2. The van der Waals surface area contributed by atoms with Crippen molar-refractivity contribution in [3.63, 3.8) is 0 Å². The molecule has 0 saturated carbocycles. The molecule has 0 heterocycles. The van der Waals surface area contributed by atoms with Crippen LogP contribution in [0.4, 0.5) is 8.78 Å². The minimum absolute atomic E-state index is 0.00252. The molecule has 1 nitrogen and oxygen atoms in total. The van der Waals surface area contributed by atoms with E-state index in [0.717, 1.165) is 5.56 Å². The van der Waals surface area contributed by atoms with Crippen LogP contribution in [0.3, 0.4) is 0 Å². The summed E-state index contributed by atoms with van der Waals surface area (Å²) in [6, 6.07) is 11.8. The predicted octanol–water partition coefficient (Wildman–Crippen LogP) is 4.05. The zero-order valence-electron chi connectivity index (χ0n) is 10.1. The molecule has 0 spiro atoms. The molecule has 1 N–H and O–H groups in total. The third-order valence-corrected chi connectivity index (χ3v) is 3.69. The summed E-state index contributed by atoms with van der Waals surface area (Å²) in [5.74, 6) is -1.51. The van der Waals surface area contributed by atoms with Gasteiger partial charge in [0.25, 0.3) is 0 Å². The van der Waals surface area contributed by atoms with E-state index in [1.54, 1.807) is 0 Å². The van der Waals surface area contributed by atoms with Crippen molar-refractivity contribution in [2.45, 2.75) is 12.3 Å². The van der Waals surface area contributed by atoms with Gasteiger partial charge in [-0.2, -0.15) is 0 Å². The van der Waals surface area contributed by atoms with Crippen LogP contribution in [0.1, 0.15) is 17.0 Å². The summed E-state index contributed by atoms with van der Waals surface area (Å²) in [5, 5.41) is 9.44. The van der Waals surface area contributed by atoms with Crippen molar-refractivity contribution in [3.8, 4) is 0 Å². The molecule has 2 aromatic rings. The normalized spacial score (nSPS) is 12.4. The molecule has 4 heteroatoms. The van der Waals surface area contributed by atoms with Crippen LogP contribution < -0.4 is 0 Å². The fourth-order valence-corrected chi connectivity index (χ4v) is 2.39. The second-order valence-corrected chi connectivity index (χ2v) is 5.17. The summed E-state index contributed by atoms with van der Waals surface area (Å²) >= 11 is 3.04. The Balaban J connectivity index is 2.32. The van der Waals surface area contributed by atoms with Gasteiger partial charge in [-0.1, -0.05) is 30.3 Å². The second kappa shape index (κ2) is 6.26. The molecule has 19 heavy (non-hydrogen) atoms. The van der Waals surface area contributed by atoms with Gasteiger partial charge in [-0.05, 0) is 40.0 Å². The molecule has 0 bridgehead atoms. The number of hydrogen-bond acceptors (Lipinski definition) is 1. The van der Waals surface area contributed by atoms with Crippen molar-refractivity contribution in [1.29, 1.82) is 0 Å². The molecule has 1 unspecified atom stereocenters. The Hall–Kier alpha value is -1.26. The average Bonchev–Trinajstić information content (AvgIpc) is 2.44. The van der Waals surface area contributed by atoms with Gasteiger partial charge in [0.2, 0.25) is 0 Å². The highest BCUT2D eigenvalue weighted by Crippen LogP contribution is 2.27. The lowest BCUT2D eigenvalue weighted by Crippen LogP contribution is -2.10. The maximum absolute atomic E-state index is 13.9. The topological polar surface area (TPSA) is 20.2 Å². The Morgan fingerprint density at radius 2 is 1.74 bits per heavy atom. The third-order valence-electron chi connectivity index (χ3n) is 3.08. The zero-order chi connectivity index (χ0) is 13.8. The molecular formula is C15H13BrF2O. The first-order valence-corrected chi connectivity index (χ1v) is 6.71. The van der Waals surface area contributed by atoms with Crippen LogP contribution in [0, 0.1) is 11.6 Å². The molecule has 100 valence electrons. The van der Waals surface area contributed by atoms with Gasteiger partial charge in [-0.15, -0.1) is 0 Å². The van der Waals surface area contributed by atoms with Crippen molar-refractivity contribution in [2.75, 3.05) is 6.61 Å². The molecule has 0 fully saturated rings. The molecule has 0 aromatic heterocycles. The van der Waals surface area contributed by atoms with Crippen LogP contribution in [0.15, 0.2) is 46.9 Å². The molecule has 0 aliphatic rings. The standard InChI is InChI=1S/C15H13BrF2O/c16-13-6-7-14(17)12(15(13)18)8-11(9-19)10-4-2-1-3-5-10/h1-7,11,19H,8-9H2. The van der Waals surface area contributed by atoms with Crippen LogP contribution in [0.5, 0.6) is 0 Å². The summed E-state index contributed by atoms with van der Waals surface area (Å²) in [6.07, 6.45) is 0.123. The summed E-state index contributed by atoms with van der Waals surface area (Å²) in [7, 11) is 0. The maximum Gasteiger partial charge on any atom is 0.143 e. The zero-order valence-corrected chi connectivity index (χ0v) is 11.7. The predicted molar refractivity (Wildman–Crippen MR) is 74.0 cm³/mol. The van der Waals surface area contributed by atoms with Gasteiger partial charge in [0.05, 0.1) is 11.1 Å². The summed E-state index contributed by atoms with van der Waals surface area (Å²) in [6.45, 7) is -0.157. The Bertz CT molecular complexity index is 558. The molecule has 0 amide bonds. The first-order valence-electron chi connectivity index (χ1n) is 5.91. The molecule has 0 saturated heterocycles. The van der Waals surface area contributed by atoms with Gasteiger partial charge >= 0.3 is 0 Å². The van der Waals surface area contributed by atoms with E-state index in [2.05, 4.69) is 15.9 Å². The molecule has 2 rings (SSSR count). The molecule has 1 atom stereocenters. The monoisotopic (exact) mass is 326 g/mol. The fraction of sp³-hybridized carbons (Fsp3) is 0.200. The third kappa shape index (κ3) is 3.19. The Morgan fingerprint density at radius 1 is 1.05 bits per heavy atom. The first-order chi connectivity index (χ1) is 9.13. The van der Waals surface area contributed by atoms with Gasteiger partial charge in [-0.3, -0.25) is 0 Å². The van der Waals surface area contributed by atoms with Crippen molar-refractivity contribution in [3.05, 3.63) is 69.7 Å². The lowest BCUT2D eigenvalue weighted by Gasteiger charge is -2.16. The molecule has 0 radical (unpaired) electrons. The van der Waals surface area contributed by atoms with Gasteiger partial charge in [0.15, 0.2) is 0 Å². The number of aliphatic hydroxyl groups is 1. The van der Waals surface area contributed by atoms with Gasteiger partial charge in [0.1, 0.15) is 11.6 Å².